The monoisotopic (exact) mass is 267 g/mol. The number of anilines is 1. The van der Waals surface area contributed by atoms with Crippen molar-refractivity contribution >= 4 is 5.69 Å². The lowest BCUT2D eigenvalue weighted by Crippen LogP contribution is -2.25. The maximum atomic E-state index is 5.98. The average Bonchev–Trinajstić information content (AvgIpc) is 3.21. The normalized spacial score (nSPS) is 17.3. The molecular weight excluding hydrogens is 246 g/mol. The second-order valence-corrected chi connectivity index (χ2v) is 5.93. The molecule has 2 nitrogen and oxygen atoms in total. The number of ether oxygens (including phenoxy) is 1. The molecule has 0 aromatic heterocycles. The van der Waals surface area contributed by atoms with Gasteiger partial charge in [0.05, 0.1) is 5.69 Å². The number of para-hydroxylation sites is 3. The van der Waals surface area contributed by atoms with Crippen molar-refractivity contribution < 1.29 is 4.74 Å². The molecule has 0 saturated heterocycles. The fraction of sp³-hybridized carbons (Fsp3) is 0.333. The third-order valence-electron chi connectivity index (χ3n) is 4.31. The number of nitrogens with one attached hydrogen (secondary N) is 1. The summed E-state index contributed by atoms with van der Waals surface area (Å²) in [5.74, 6) is 1.75. The van der Waals surface area contributed by atoms with Crippen LogP contribution in [0.25, 0.3) is 0 Å². The Morgan fingerprint density at radius 1 is 1.00 bits per heavy atom. The summed E-state index contributed by atoms with van der Waals surface area (Å²) in [7, 11) is 0. The molecule has 1 aliphatic rings. The van der Waals surface area contributed by atoms with E-state index in [1.54, 1.807) is 0 Å². The van der Waals surface area contributed by atoms with Crippen LogP contribution in [0, 0.1) is 5.41 Å². The zero-order valence-corrected chi connectivity index (χ0v) is 12.1. The number of rotatable bonds is 5. The van der Waals surface area contributed by atoms with Crippen LogP contribution < -0.4 is 10.1 Å². The molecule has 3 rings (SSSR count). The van der Waals surface area contributed by atoms with Crippen molar-refractivity contribution in [2.24, 2.45) is 5.41 Å². The second-order valence-electron chi connectivity index (χ2n) is 5.93. The van der Waals surface area contributed by atoms with Gasteiger partial charge in [0.1, 0.15) is 5.75 Å². The Morgan fingerprint density at radius 2 is 1.65 bits per heavy atom. The van der Waals surface area contributed by atoms with Crippen molar-refractivity contribution in [3.05, 3.63) is 54.6 Å². The minimum atomic E-state index is 0.444. The van der Waals surface area contributed by atoms with E-state index in [1.807, 2.05) is 48.5 Å². The Hall–Kier alpha value is -1.96. The molecule has 2 aromatic carbocycles. The quantitative estimate of drug-likeness (QED) is 0.815. The average molecular weight is 267 g/mol. The van der Waals surface area contributed by atoms with Gasteiger partial charge in [-0.2, -0.15) is 0 Å². The van der Waals surface area contributed by atoms with Crippen molar-refractivity contribution in [2.75, 3.05) is 5.32 Å². The molecule has 0 spiro atoms. The minimum absolute atomic E-state index is 0.444. The molecule has 2 aromatic rings. The van der Waals surface area contributed by atoms with Crippen molar-refractivity contribution in [1.29, 1.82) is 0 Å². The molecule has 104 valence electrons. The van der Waals surface area contributed by atoms with Crippen LogP contribution in [0.2, 0.25) is 0 Å². The SMILES string of the molecule is CC(Nc1ccccc1Oc1ccccc1)C1(C)CC1. The van der Waals surface area contributed by atoms with Gasteiger partial charge in [-0.05, 0) is 49.4 Å². The smallest absolute Gasteiger partial charge is 0.150 e. The lowest BCUT2D eigenvalue weighted by molar-refractivity contribution is 0.472. The Bertz CT molecular complexity index is 575. The summed E-state index contributed by atoms with van der Waals surface area (Å²) in [5.41, 5.74) is 1.51. The Morgan fingerprint density at radius 3 is 2.35 bits per heavy atom. The van der Waals surface area contributed by atoms with E-state index in [0.29, 0.717) is 11.5 Å². The van der Waals surface area contributed by atoms with Crippen molar-refractivity contribution in [3.8, 4) is 11.5 Å². The predicted molar refractivity (Wildman–Crippen MR) is 83.4 cm³/mol. The summed E-state index contributed by atoms with van der Waals surface area (Å²) in [6.45, 7) is 4.59. The Kier molecular flexibility index (Phi) is 3.39. The summed E-state index contributed by atoms with van der Waals surface area (Å²) >= 11 is 0. The molecule has 1 saturated carbocycles. The van der Waals surface area contributed by atoms with Crippen LogP contribution in [0.5, 0.6) is 11.5 Å². The lowest BCUT2D eigenvalue weighted by Gasteiger charge is -2.23. The first-order valence-corrected chi connectivity index (χ1v) is 7.26. The van der Waals surface area contributed by atoms with E-state index < -0.39 is 0 Å². The summed E-state index contributed by atoms with van der Waals surface area (Å²) < 4.78 is 5.98. The van der Waals surface area contributed by atoms with E-state index in [2.05, 4.69) is 25.2 Å². The van der Waals surface area contributed by atoms with Gasteiger partial charge in [0.15, 0.2) is 5.75 Å². The van der Waals surface area contributed by atoms with Crippen LogP contribution in [0.4, 0.5) is 5.69 Å². The summed E-state index contributed by atoms with van der Waals surface area (Å²) in [4.78, 5) is 0. The van der Waals surface area contributed by atoms with Crippen molar-refractivity contribution in [2.45, 2.75) is 32.7 Å². The van der Waals surface area contributed by atoms with Crippen molar-refractivity contribution in [3.63, 3.8) is 0 Å². The van der Waals surface area contributed by atoms with Crippen LogP contribution in [0.3, 0.4) is 0 Å². The molecular formula is C18H21NO. The molecule has 0 heterocycles. The van der Waals surface area contributed by atoms with Gasteiger partial charge in [0.25, 0.3) is 0 Å². The first-order chi connectivity index (χ1) is 9.67. The van der Waals surface area contributed by atoms with Gasteiger partial charge in [-0.3, -0.25) is 0 Å². The molecule has 20 heavy (non-hydrogen) atoms. The fourth-order valence-electron chi connectivity index (χ4n) is 2.33. The molecule has 1 unspecified atom stereocenters. The van der Waals surface area contributed by atoms with Crippen LogP contribution >= 0.6 is 0 Å². The van der Waals surface area contributed by atoms with E-state index in [0.717, 1.165) is 17.2 Å². The fourth-order valence-corrected chi connectivity index (χ4v) is 2.33. The third-order valence-corrected chi connectivity index (χ3v) is 4.31. The Labute approximate surface area is 120 Å². The molecule has 0 amide bonds. The van der Waals surface area contributed by atoms with Crippen LogP contribution in [0.1, 0.15) is 26.7 Å². The van der Waals surface area contributed by atoms with Gasteiger partial charge in [-0.25, -0.2) is 0 Å². The largest absolute Gasteiger partial charge is 0.455 e. The summed E-state index contributed by atoms with van der Waals surface area (Å²) in [5, 5.41) is 3.61. The highest BCUT2D eigenvalue weighted by molar-refractivity contribution is 5.58. The van der Waals surface area contributed by atoms with Gasteiger partial charge in [-0.1, -0.05) is 37.3 Å². The van der Waals surface area contributed by atoms with Crippen molar-refractivity contribution in [1.82, 2.24) is 0 Å². The van der Waals surface area contributed by atoms with Gasteiger partial charge >= 0.3 is 0 Å². The molecule has 0 radical (unpaired) electrons. The van der Waals surface area contributed by atoms with E-state index in [9.17, 15) is 0 Å². The molecule has 1 N–H and O–H groups in total. The lowest BCUT2D eigenvalue weighted by atomic mass is 10.0. The van der Waals surface area contributed by atoms with E-state index in [-0.39, 0.29) is 0 Å². The summed E-state index contributed by atoms with van der Waals surface area (Å²) in [6.07, 6.45) is 2.62. The van der Waals surface area contributed by atoms with E-state index in [4.69, 9.17) is 4.74 Å². The van der Waals surface area contributed by atoms with Gasteiger partial charge in [0, 0.05) is 6.04 Å². The standard InChI is InChI=1S/C18H21NO/c1-14(18(2)12-13-18)19-16-10-6-7-11-17(16)20-15-8-4-3-5-9-15/h3-11,14,19H,12-13H2,1-2H3. The molecule has 0 bridgehead atoms. The molecule has 1 fully saturated rings. The number of hydrogen-bond donors (Lipinski definition) is 1. The second kappa shape index (κ2) is 5.20. The van der Waals surface area contributed by atoms with Gasteiger partial charge < -0.3 is 10.1 Å². The van der Waals surface area contributed by atoms with Gasteiger partial charge in [-0.15, -0.1) is 0 Å². The van der Waals surface area contributed by atoms with Gasteiger partial charge in [0.2, 0.25) is 0 Å². The topological polar surface area (TPSA) is 21.3 Å². The first-order valence-electron chi connectivity index (χ1n) is 7.26. The van der Waals surface area contributed by atoms with E-state index in [1.165, 1.54) is 12.8 Å². The molecule has 1 aliphatic carbocycles. The maximum absolute atomic E-state index is 5.98. The Balaban J connectivity index is 1.78. The predicted octanol–water partition coefficient (Wildman–Crippen LogP) is 5.08. The molecule has 2 heteroatoms. The highest BCUT2D eigenvalue weighted by atomic mass is 16.5. The third kappa shape index (κ3) is 2.79. The number of hydrogen-bond acceptors (Lipinski definition) is 2. The molecule has 1 atom stereocenters. The highest BCUT2D eigenvalue weighted by Gasteiger charge is 2.42. The zero-order valence-electron chi connectivity index (χ0n) is 12.1. The summed E-state index contributed by atoms with van der Waals surface area (Å²) in [6, 6.07) is 18.5. The van der Waals surface area contributed by atoms with E-state index >= 15 is 0 Å². The maximum Gasteiger partial charge on any atom is 0.150 e. The number of benzene rings is 2. The first kappa shape index (κ1) is 13.0. The zero-order chi connectivity index (χ0) is 14.0. The van der Waals surface area contributed by atoms with Crippen LogP contribution in [0.15, 0.2) is 54.6 Å². The highest BCUT2D eigenvalue weighted by Crippen LogP contribution is 2.49. The minimum Gasteiger partial charge on any atom is -0.455 e. The van der Waals surface area contributed by atoms with Crippen LogP contribution in [-0.2, 0) is 0 Å². The van der Waals surface area contributed by atoms with Crippen LogP contribution in [-0.4, -0.2) is 6.04 Å². The molecule has 0 aliphatic heterocycles.